The molecule has 0 fully saturated rings. The van der Waals surface area contributed by atoms with Crippen LogP contribution >= 0.6 is 11.6 Å². The van der Waals surface area contributed by atoms with Crippen molar-refractivity contribution in [1.29, 1.82) is 0 Å². The number of ether oxygens (including phenoxy) is 1. The van der Waals surface area contributed by atoms with Gasteiger partial charge >= 0.3 is 5.88 Å². The van der Waals surface area contributed by atoms with Gasteiger partial charge in [-0.25, -0.2) is 0 Å². The highest BCUT2D eigenvalue weighted by molar-refractivity contribution is 6.31. The van der Waals surface area contributed by atoms with E-state index in [1.54, 1.807) is 6.07 Å². The van der Waals surface area contributed by atoms with Gasteiger partial charge in [-0.15, -0.1) is 0 Å². The Morgan fingerprint density at radius 3 is 2.68 bits per heavy atom. The van der Waals surface area contributed by atoms with E-state index in [4.69, 9.17) is 20.8 Å². The molecule has 0 atom stereocenters. The lowest BCUT2D eigenvalue weighted by molar-refractivity contribution is -0.402. The van der Waals surface area contributed by atoms with Crippen LogP contribution in [-0.2, 0) is 0 Å². The number of carbonyl (C=O) groups excluding carboxylic acids is 1. The molecule has 0 unspecified atom stereocenters. The van der Waals surface area contributed by atoms with Crippen molar-refractivity contribution in [1.82, 2.24) is 0 Å². The maximum atomic E-state index is 12.2. The quantitative estimate of drug-likeness (QED) is 0.488. The molecule has 1 heterocycles. The minimum atomic E-state index is -0.716. The lowest BCUT2D eigenvalue weighted by Gasteiger charge is -2.06. The molecule has 0 spiro atoms. The first-order chi connectivity index (χ1) is 9.02. The fourth-order valence-corrected chi connectivity index (χ4v) is 1.71. The van der Waals surface area contributed by atoms with Gasteiger partial charge in [0, 0.05) is 5.02 Å². The number of hydrogen-bond acceptors (Lipinski definition) is 5. The van der Waals surface area contributed by atoms with Gasteiger partial charge in [-0.3, -0.25) is 14.9 Å². The van der Waals surface area contributed by atoms with E-state index < -0.39 is 16.6 Å². The zero-order chi connectivity index (χ0) is 14.0. The van der Waals surface area contributed by atoms with E-state index in [9.17, 15) is 14.9 Å². The number of nitrogens with zero attached hydrogens (tertiary/aromatic N) is 1. The maximum Gasteiger partial charge on any atom is 0.433 e. The zero-order valence-electron chi connectivity index (χ0n) is 9.75. The Morgan fingerprint density at radius 2 is 2.11 bits per heavy atom. The van der Waals surface area contributed by atoms with Crippen molar-refractivity contribution in [3.8, 4) is 5.75 Å². The van der Waals surface area contributed by atoms with Gasteiger partial charge in [-0.05, 0) is 24.3 Å². The van der Waals surface area contributed by atoms with Crippen LogP contribution in [0.1, 0.15) is 16.1 Å². The predicted octanol–water partition coefficient (Wildman–Crippen LogP) is 3.08. The molecule has 2 rings (SSSR count). The van der Waals surface area contributed by atoms with Crippen LogP contribution in [0.2, 0.25) is 5.02 Å². The Morgan fingerprint density at radius 1 is 1.37 bits per heavy atom. The molecule has 0 aliphatic rings. The summed E-state index contributed by atoms with van der Waals surface area (Å²) in [7, 11) is 1.41. The van der Waals surface area contributed by atoms with Gasteiger partial charge in [0.1, 0.15) is 10.7 Å². The molecule has 7 heteroatoms. The van der Waals surface area contributed by atoms with E-state index in [0.29, 0.717) is 10.8 Å². The van der Waals surface area contributed by atoms with Crippen LogP contribution in [0.3, 0.4) is 0 Å². The summed E-state index contributed by atoms with van der Waals surface area (Å²) in [4.78, 5) is 21.9. The molecule has 0 bridgehead atoms. The van der Waals surface area contributed by atoms with Crippen molar-refractivity contribution >= 4 is 23.3 Å². The largest absolute Gasteiger partial charge is 0.496 e. The van der Waals surface area contributed by atoms with Crippen molar-refractivity contribution in [2.75, 3.05) is 7.11 Å². The van der Waals surface area contributed by atoms with Gasteiger partial charge in [-0.1, -0.05) is 11.6 Å². The van der Waals surface area contributed by atoms with Crippen molar-refractivity contribution in [3.63, 3.8) is 0 Å². The lowest BCUT2D eigenvalue weighted by Crippen LogP contribution is -2.02. The monoisotopic (exact) mass is 281 g/mol. The summed E-state index contributed by atoms with van der Waals surface area (Å²) in [5, 5.41) is 10.9. The fraction of sp³-hybridized carbons (Fsp3) is 0.0833. The first kappa shape index (κ1) is 13.1. The molecule has 2 aromatic rings. The second-order valence-corrected chi connectivity index (χ2v) is 4.01. The van der Waals surface area contributed by atoms with Crippen molar-refractivity contribution in [2.45, 2.75) is 0 Å². The number of hydrogen-bond donors (Lipinski definition) is 0. The Kier molecular flexibility index (Phi) is 3.52. The van der Waals surface area contributed by atoms with Gasteiger partial charge in [0.15, 0.2) is 5.76 Å². The van der Waals surface area contributed by atoms with Crippen LogP contribution in [0.25, 0.3) is 0 Å². The molecule has 1 aromatic carbocycles. The van der Waals surface area contributed by atoms with E-state index >= 15 is 0 Å². The summed E-state index contributed by atoms with van der Waals surface area (Å²) in [6, 6.07) is 6.87. The molecule has 0 amide bonds. The number of nitro groups is 1. The van der Waals surface area contributed by atoms with Crippen LogP contribution in [-0.4, -0.2) is 17.8 Å². The Balaban J connectivity index is 2.43. The summed E-state index contributed by atoms with van der Waals surface area (Å²) in [6.07, 6.45) is 0. The van der Waals surface area contributed by atoms with Gasteiger partial charge in [0.25, 0.3) is 0 Å². The van der Waals surface area contributed by atoms with E-state index in [0.717, 1.165) is 6.07 Å². The molecule has 19 heavy (non-hydrogen) atoms. The smallest absolute Gasteiger partial charge is 0.433 e. The van der Waals surface area contributed by atoms with Crippen molar-refractivity contribution < 1.29 is 18.9 Å². The highest BCUT2D eigenvalue weighted by Crippen LogP contribution is 2.27. The molecule has 6 nitrogen and oxygen atoms in total. The number of halogens is 1. The first-order valence-corrected chi connectivity index (χ1v) is 5.53. The molecular weight excluding hydrogens is 274 g/mol. The second kappa shape index (κ2) is 5.11. The predicted molar refractivity (Wildman–Crippen MR) is 66.8 cm³/mol. The third kappa shape index (κ3) is 2.58. The molecule has 98 valence electrons. The van der Waals surface area contributed by atoms with E-state index in [-0.39, 0.29) is 11.3 Å². The average Bonchev–Trinajstić information content (AvgIpc) is 2.87. The van der Waals surface area contributed by atoms with Crippen LogP contribution in [0.4, 0.5) is 5.88 Å². The fourth-order valence-electron chi connectivity index (χ4n) is 1.54. The highest BCUT2D eigenvalue weighted by atomic mass is 35.5. The van der Waals surface area contributed by atoms with Gasteiger partial charge < -0.3 is 9.15 Å². The highest BCUT2D eigenvalue weighted by Gasteiger charge is 2.21. The Hall–Kier alpha value is -2.34. The average molecular weight is 282 g/mol. The van der Waals surface area contributed by atoms with E-state index in [1.165, 1.54) is 25.3 Å². The maximum absolute atomic E-state index is 12.2. The van der Waals surface area contributed by atoms with Crippen LogP contribution in [0, 0.1) is 10.1 Å². The van der Waals surface area contributed by atoms with Crippen LogP contribution in [0.15, 0.2) is 34.7 Å². The molecule has 0 saturated heterocycles. The van der Waals surface area contributed by atoms with E-state index in [2.05, 4.69) is 0 Å². The van der Waals surface area contributed by atoms with Gasteiger partial charge in [-0.2, -0.15) is 0 Å². The first-order valence-electron chi connectivity index (χ1n) is 5.15. The minimum absolute atomic E-state index is 0.146. The SMILES string of the molecule is COc1ccc(Cl)cc1C(=O)c1ccc([N+](=O)[O-])o1. The Labute approximate surface area is 112 Å². The zero-order valence-corrected chi connectivity index (χ0v) is 10.5. The number of rotatable bonds is 4. The number of ketones is 1. The molecule has 0 N–H and O–H groups in total. The van der Waals surface area contributed by atoms with Gasteiger partial charge in [0.05, 0.1) is 18.7 Å². The van der Waals surface area contributed by atoms with Crippen LogP contribution < -0.4 is 4.74 Å². The Bertz CT molecular complexity index is 649. The number of furan rings is 1. The summed E-state index contributed by atoms with van der Waals surface area (Å²) < 4.78 is 9.90. The topological polar surface area (TPSA) is 82.6 Å². The van der Waals surface area contributed by atoms with Crippen molar-refractivity contribution in [2.24, 2.45) is 0 Å². The summed E-state index contributed by atoms with van der Waals surface area (Å²) >= 11 is 5.81. The third-order valence-electron chi connectivity index (χ3n) is 2.40. The number of methoxy groups -OCH3 is 1. The summed E-state index contributed by atoms with van der Waals surface area (Å²) in [5.74, 6) is -0.863. The standard InChI is InChI=1S/C12H8ClNO5/c1-18-9-3-2-7(13)6-8(9)12(15)10-4-5-11(19-10)14(16)17/h2-6H,1H3. The van der Waals surface area contributed by atoms with Gasteiger partial charge in [0.2, 0.25) is 5.78 Å². The van der Waals surface area contributed by atoms with Crippen molar-refractivity contribution in [3.05, 3.63) is 56.8 Å². The number of carbonyl (C=O) groups is 1. The normalized spacial score (nSPS) is 10.2. The second-order valence-electron chi connectivity index (χ2n) is 3.57. The molecule has 0 aliphatic carbocycles. The third-order valence-corrected chi connectivity index (χ3v) is 2.64. The van der Waals surface area contributed by atoms with Crippen LogP contribution in [0.5, 0.6) is 5.75 Å². The molecule has 0 radical (unpaired) electrons. The minimum Gasteiger partial charge on any atom is -0.496 e. The summed E-state index contributed by atoms with van der Waals surface area (Å²) in [5.41, 5.74) is 0.180. The van der Waals surface area contributed by atoms with E-state index in [1.807, 2.05) is 0 Å². The summed E-state index contributed by atoms with van der Waals surface area (Å²) in [6.45, 7) is 0. The molecule has 0 saturated carbocycles. The molecular formula is C12H8ClNO5. The molecule has 1 aromatic heterocycles. The molecule has 0 aliphatic heterocycles. The lowest BCUT2D eigenvalue weighted by atomic mass is 10.1. The number of benzene rings is 1.